The van der Waals surface area contributed by atoms with E-state index >= 15 is 0 Å². The zero-order valence-electron chi connectivity index (χ0n) is 12.6. The van der Waals surface area contributed by atoms with Gasteiger partial charge in [0.05, 0.1) is 0 Å². The molecule has 0 saturated carbocycles. The quantitative estimate of drug-likeness (QED) is 0.843. The van der Waals surface area contributed by atoms with Crippen LogP contribution in [0.4, 0.5) is 10.5 Å². The Morgan fingerprint density at radius 1 is 1.30 bits per heavy atom. The lowest BCUT2D eigenvalue weighted by atomic mass is 9.97. The summed E-state index contributed by atoms with van der Waals surface area (Å²) in [4.78, 5) is 25.4. The molecule has 1 N–H and O–H groups in total. The zero-order chi connectivity index (χ0) is 14.9. The lowest BCUT2D eigenvalue weighted by molar-refractivity contribution is 0.101. The number of nitrogens with zero attached hydrogens (tertiary/aromatic N) is 1. The number of anilines is 1. The zero-order valence-corrected chi connectivity index (χ0v) is 12.6. The van der Waals surface area contributed by atoms with Gasteiger partial charge in [-0.15, -0.1) is 0 Å². The van der Waals surface area contributed by atoms with E-state index in [2.05, 4.69) is 26.1 Å². The van der Waals surface area contributed by atoms with Crippen molar-refractivity contribution in [2.24, 2.45) is 5.41 Å². The molecule has 0 saturated heterocycles. The molecule has 4 nitrogen and oxygen atoms in total. The van der Waals surface area contributed by atoms with Gasteiger partial charge in [0, 0.05) is 24.3 Å². The van der Waals surface area contributed by atoms with Crippen LogP contribution >= 0.6 is 0 Å². The van der Waals surface area contributed by atoms with Crippen molar-refractivity contribution in [3.05, 3.63) is 29.3 Å². The average molecular weight is 274 g/mol. The number of hydrogen-bond donors (Lipinski definition) is 1. The van der Waals surface area contributed by atoms with Crippen LogP contribution in [0.3, 0.4) is 0 Å². The average Bonchev–Trinajstić information content (AvgIpc) is 2.77. The molecule has 2 amide bonds. The third kappa shape index (κ3) is 3.18. The normalized spacial score (nSPS) is 14.1. The van der Waals surface area contributed by atoms with Crippen molar-refractivity contribution in [1.29, 1.82) is 0 Å². The van der Waals surface area contributed by atoms with E-state index in [1.54, 1.807) is 17.9 Å². The summed E-state index contributed by atoms with van der Waals surface area (Å²) in [7, 11) is 0. The molecule has 1 aromatic rings. The predicted molar refractivity (Wildman–Crippen MR) is 80.4 cm³/mol. The van der Waals surface area contributed by atoms with Gasteiger partial charge in [-0.1, -0.05) is 20.8 Å². The van der Waals surface area contributed by atoms with Gasteiger partial charge in [0.1, 0.15) is 0 Å². The number of carbonyl (C=O) groups is 2. The maximum atomic E-state index is 12.2. The number of carbonyl (C=O) groups excluding carboxylic acids is 2. The minimum atomic E-state index is -0.0609. The predicted octanol–water partition coefficient (Wildman–Crippen LogP) is 3.01. The molecule has 0 fully saturated rings. The fraction of sp³-hybridized carbons (Fsp3) is 0.500. The molecular weight excluding hydrogens is 252 g/mol. The van der Waals surface area contributed by atoms with Crippen molar-refractivity contribution in [2.45, 2.75) is 34.1 Å². The Morgan fingerprint density at radius 2 is 2.00 bits per heavy atom. The van der Waals surface area contributed by atoms with Gasteiger partial charge in [-0.25, -0.2) is 4.79 Å². The summed E-state index contributed by atoms with van der Waals surface area (Å²) in [6.07, 6.45) is 0.805. The van der Waals surface area contributed by atoms with Crippen molar-refractivity contribution in [2.75, 3.05) is 18.0 Å². The van der Waals surface area contributed by atoms with E-state index in [1.807, 2.05) is 12.1 Å². The number of ketones is 1. The van der Waals surface area contributed by atoms with Gasteiger partial charge in [-0.2, -0.15) is 0 Å². The molecule has 0 aromatic heterocycles. The number of nitrogens with one attached hydrogen (secondary N) is 1. The highest BCUT2D eigenvalue weighted by atomic mass is 16.2. The van der Waals surface area contributed by atoms with Crippen molar-refractivity contribution in [3.63, 3.8) is 0 Å². The van der Waals surface area contributed by atoms with Crippen LogP contribution in [0.15, 0.2) is 18.2 Å². The van der Waals surface area contributed by atoms with E-state index in [4.69, 9.17) is 0 Å². The molecule has 20 heavy (non-hydrogen) atoms. The molecule has 1 aliphatic rings. The van der Waals surface area contributed by atoms with Crippen LogP contribution in [0.2, 0.25) is 0 Å². The molecule has 0 bridgehead atoms. The number of amides is 2. The molecule has 1 aromatic carbocycles. The number of benzene rings is 1. The molecule has 0 unspecified atom stereocenters. The SMILES string of the molecule is CC(=O)c1ccc2c(c1)CCN2C(=O)NCC(C)(C)C. The lowest BCUT2D eigenvalue weighted by Crippen LogP contribution is -2.42. The molecule has 0 aliphatic carbocycles. The Bertz CT molecular complexity index is 544. The highest BCUT2D eigenvalue weighted by molar-refractivity contribution is 5.97. The number of rotatable bonds is 2. The van der Waals surface area contributed by atoms with Crippen LogP contribution in [0.1, 0.15) is 43.6 Å². The topological polar surface area (TPSA) is 49.4 Å². The van der Waals surface area contributed by atoms with E-state index in [9.17, 15) is 9.59 Å². The van der Waals surface area contributed by atoms with E-state index in [0.717, 1.165) is 17.7 Å². The molecular formula is C16H22N2O2. The Kier molecular flexibility index (Phi) is 3.84. The number of Topliss-reactive ketones (excluding diaryl/α,β-unsaturated/α-hetero) is 1. The van der Waals surface area contributed by atoms with Crippen LogP contribution in [0.5, 0.6) is 0 Å². The van der Waals surface area contributed by atoms with Crippen LogP contribution < -0.4 is 10.2 Å². The minimum Gasteiger partial charge on any atom is -0.337 e. The second kappa shape index (κ2) is 5.27. The first-order chi connectivity index (χ1) is 9.28. The van der Waals surface area contributed by atoms with E-state index in [1.165, 1.54) is 0 Å². The third-order valence-electron chi connectivity index (χ3n) is 3.40. The van der Waals surface area contributed by atoms with Gasteiger partial charge in [-0.05, 0) is 42.5 Å². The second-order valence-corrected chi connectivity index (χ2v) is 6.52. The van der Waals surface area contributed by atoms with E-state index < -0.39 is 0 Å². The van der Waals surface area contributed by atoms with Gasteiger partial charge < -0.3 is 5.32 Å². The summed E-state index contributed by atoms with van der Waals surface area (Å²) in [6, 6.07) is 5.50. The Hall–Kier alpha value is -1.84. The van der Waals surface area contributed by atoms with Crippen molar-refractivity contribution >= 4 is 17.5 Å². The number of fused-ring (bicyclic) bond motifs is 1. The number of hydrogen-bond acceptors (Lipinski definition) is 2. The smallest absolute Gasteiger partial charge is 0.321 e. The lowest BCUT2D eigenvalue weighted by Gasteiger charge is -2.23. The van der Waals surface area contributed by atoms with Crippen molar-refractivity contribution in [1.82, 2.24) is 5.32 Å². The highest BCUT2D eigenvalue weighted by Crippen LogP contribution is 2.29. The van der Waals surface area contributed by atoms with E-state index in [-0.39, 0.29) is 17.2 Å². The van der Waals surface area contributed by atoms with E-state index in [0.29, 0.717) is 18.7 Å². The van der Waals surface area contributed by atoms with Gasteiger partial charge in [0.25, 0.3) is 0 Å². The molecule has 2 rings (SSSR count). The Morgan fingerprint density at radius 3 is 2.60 bits per heavy atom. The first-order valence-electron chi connectivity index (χ1n) is 6.97. The van der Waals surface area contributed by atoms with Crippen molar-refractivity contribution in [3.8, 4) is 0 Å². The number of urea groups is 1. The molecule has 1 heterocycles. The second-order valence-electron chi connectivity index (χ2n) is 6.52. The van der Waals surface area contributed by atoms with Crippen molar-refractivity contribution < 1.29 is 9.59 Å². The van der Waals surface area contributed by atoms with Crippen LogP contribution in [0, 0.1) is 5.41 Å². The largest absolute Gasteiger partial charge is 0.337 e. The van der Waals surface area contributed by atoms with Gasteiger partial charge in [0.15, 0.2) is 5.78 Å². The Balaban J connectivity index is 2.12. The molecule has 0 radical (unpaired) electrons. The molecule has 108 valence electrons. The minimum absolute atomic E-state index is 0.0587. The summed E-state index contributed by atoms with van der Waals surface area (Å²) in [6.45, 7) is 9.14. The highest BCUT2D eigenvalue weighted by Gasteiger charge is 2.25. The first kappa shape index (κ1) is 14.6. The fourth-order valence-corrected chi connectivity index (χ4v) is 2.27. The molecule has 4 heteroatoms. The van der Waals surface area contributed by atoms with Crippen LogP contribution in [0.25, 0.3) is 0 Å². The van der Waals surface area contributed by atoms with Crippen LogP contribution in [-0.2, 0) is 6.42 Å². The first-order valence-corrected chi connectivity index (χ1v) is 6.97. The summed E-state index contributed by atoms with van der Waals surface area (Å²) < 4.78 is 0. The maximum absolute atomic E-state index is 12.2. The van der Waals surface area contributed by atoms with Gasteiger partial charge >= 0.3 is 6.03 Å². The summed E-state index contributed by atoms with van der Waals surface area (Å²) in [5.41, 5.74) is 2.77. The summed E-state index contributed by atoms with van der Waals surface area (Å²) in [5.74, 6) is 0.0587. The van der Waals surface area contributed by atoms with Gasteiger partial charge in [-0.3, -0.25) is 9.69 Å². The molecule has 1 aliphatic heterocycles. The third-order valence-corrected chi connectivity index (χ3v) is 3.40. The van der Waals surface area contributed by atoms with Crippen LogP contribution in [-0.4, -0.2) is 24.9 Å². The monoisotopic (exact) mass is 274 g/mol. The van der Waals surface area contributed by atoms with Gasteiger partial charge in [0.2, 0.25) is 0 Å². The fourth-order valence-electron chi connectivity index (χ4n) is 2.27. The molecule has 0 atom stereocenters. The maximum Gasteiger partial charge on any atom is 0.321 e. The summed E-state index contributed by atoms with van der Waals surface area (Å²) in [5, 5.41) is 2.96. The standard InChI is InChI=1S/C16H22N2O2/c1-11(19)12-5-6-14-13(9-12)7-8-18(14)15(20)17-10-16(2,3)4/h5-6,9H,7-8,10H2,1-4H3,(H,17,20). The summed E-state index contributed by atoms with van der Waals surface area (Å²) >= 11 is 0. The molecule has 0 spiro atoms. The Labute approximate surface area is 120 Å².